The summed E-state index contributed by atoms with van der Waals surface area (Å²) in [5, 5.41) is 3.43. The minimum Gasteiger partial charge on any atom is -0.444 e. The van der Waals surface area contributed by atoms with Crippen LogP contribution in [0.2, 0.25) is 0 Å². The topological polar surface area (TPSA) is 67.3 Å². The Morgan fingerprint density at radius 2 is 1.88 bits per heavy atom. The van der Waals surface area contributed by atoms with Gasteiger partial charge in [-0.15, -0.1) is 0 Å². The molecule has 0 bridgehead atoms. The highest BCUT2D eigenvalue weighted by molar-refractivity contribution is 5.75. The summed E-state index contributed by atoms with van der Waals surface area (Å²) >= 11 is 0. The Hall–Kier alpha value is -2.37. The van der Waals surface area contributed by atoms with Gasteiger partial charge in [-0.25, -0.2) is 9.78 Å². The van der Waals surface area contributed by atoms with Crippen LogP contribution in [-0.2, 0) is 4.74 Å². The van der Waals surface area contributed by atoms with Gasteiger partial charge in [-0.2, -0.15) is 0 Å². The molecule has 1 fully saturated rings. The molecule has 0 unspecified atom stereocenters. The zero-order valence-corrected chi connectivity index (χ0v) is 14.5. The first-order valence-corrected chi connectivity index (χ1v) is 8.37. The first-order chi connectivity index (χ1) is 11.4. The largest absolute Gasteiger partial charge is 0.444 e. The Bertz CT molecular complexity index is 718. The van der Waals surface area contributed by atoms with Gasteiger partial charge in [0.15, 0.2) is 0 Å². The number of likely N-dealkylation sites (tertiary alicyclic amines) is 1. The van der Waals surface area contributed by atoms with E-state index in [4.69, 9.17) is 4.74 Å². The maximum Gasteiger partial charge on any atom is 0.410 e. The van der Waals surface area contributed by atoms with Gasteiger partial charge in [-0.05, 0) is 45.7 Å². The lowest BCUT2D eigenvalue weighted by Crippen LogP contribution is -2.44. The van der Waals surface area contributed by atoms with Crippen LogP contribution in [0.15, 0.2) is 30.5 Å². The first-order valence-electron chi connectivity index (χ1n) is 8.37. The highest BCUT2D eigenvalue weighted by Gasteiger charge is 2.26. The molecule has 2 heterocycles. The second kappa shape index (κ2) is 6.63. The van der Waals surface area contributed by atoms with Crippen LogP contribution in [0.1, 0.15) is 33.6 Å². The third-order valence-electron chi connectivity index (χ3n) is 3.95. The molecule has 2 aromatic rings. The Balaban J connectivity index is 1.55. The summed E-state index contributed by atoms with van der Waals surface area (Å²) in [4.78, 5) is 22.9. The maximum atomic E-state index is 12.1. The Morgan fingerprint density at radius 1 is 1.21 bits per heavy atom. The summed E-state index contributed by atoms with van der Waals surface area (Å²) in [6, 6.07) is 8.11. The number of piperidine rings is 1. The van der Waals surface area contributed by atoms with Gasteiger partial charge in [0, 0.05) is 19.1 Å². The number of anilines is 1. The predicted molar refractivity (Wildman–Crippen MR) is 94.0 cm³/mol. The van der Waals surface area contributed by atoms with Gasteiger partial charge in [-0.3, -0.25) is 4.98 Å². The smallest absolute Gasteiger partial charge is 0.410 e. The number of fused-ring (bicyclic) bond motifs is 1. The summed E-state index contributed by atoms with van der Waals surface area (Å²) in [5.41, 5.74) is 1.32. The molecule has 6 heteroatoms. The summed E-state index contributed by atoms with van der Waals surface area (Å²) in [6.07, 6.45) is 3.27. The predicted octanol–water partition coefficient (Wildman–Crippen LogP) is 3.44. The molecule has 1 amide bonds. The molecule has 0 radical (unpaired) electrons. The number of aromatic nitrogens is 2. The lowest BCUT2D eigenvalue weighted by Gasteiger charge is -2.33. The fourth-order valence-electron chi connectivity index (χ4n) is 2.77. The van der Waals surface area contributed by atoms with E-state index in [9.17, 15) is 4.79 Å². The van der Waals surface area contributed by atoms with Crippen molar-refractivity contribution in [2.45, 2.75) is 45.3 Å². The summed E-state index contributed by atoms with van der Waals surface area (Å²) in [7, 11) is 0. The molecule has 1 N–H and O–H groups in total. The van der Waals surface area contributed by atoms with Crippen molar-refractivity contribution in [3.63, 3.8) is 0 Å². The highest BCUT2D eigenvalue weighted by atomic mass is 16.6. The molecule has 128 valence electrons. The van der Waals surface area contributed by atoms with Gasteiger partial charge in [0.25, 0.3) is 0 Å². The molecule has 1 aliphatic rings. The van der Waals surface area contributed by atoms with E-state index in [2.05, 4.69) is 15.3 Å². The average molecular weight is 328 g/mol. The third kappa shape index (κ3) is 4.13. The van der Waals surface area contributed by atoms with E-state index in [1.807, 2.05) is 45.0 Å². The van der Waals surface area contributed by atoms with E-state index in [1.165, 1.54) is 0 Å². The maximum absolute atomic E-state index is 12.1. The number of amides is 1. The number of nitrogens with zero attached hydrogens (tertiary/aromatic N) is 3. The summed E-state index contributed by atoms with van der Waals surface area (Å²) in [6.45, 7) is 7.04. The van der Waals surface area contributed by atoms with E-state index in [0.29, 0.717) is 19.1 Å². The number of hydrogen-bond acceptors (Lipinski definition) is 5. The first kappa shape index (κ1) is 16.5. The molecule has 0 saturated carbocycles. The van der Waals surface area contributed by atoms with Gasteiger partial charge >= 0.3 is 6.09 Å². The van der Waals surface area contributed by atoms with E-state index in [0.717, 1.165) is 29.7 Å². The molecule has 3 rings (SSSR count). The monoisotopic (exact) mass is 328 g/mol. The molecule has 0 atom stereocenters. The standard InChI is InChI=1S/C18H24N4O2/c1-18(2,3)24-17(23)22-10-8-13(9-11-22)20-16-12-19-14-6-4-5-7-15(14)21-16/h4-7,12-13H,8-11H2,1-3H3,(H,20,21). The number of rotatable bonds is 2. The molecule has 1 saturated heterocycles. The summed E-state index contributed by atoms with van der Waals surface area (Å²) < 4.78 is 5.42. The van der Waals surface area contributed by atoms with Crippen molar-refractivity contribution >= 4 is 22.9 Å². The van der Waals surface area contributed by atoms with Crippen molar-refractivity contribution in [2.24, 2.45) is 0 Å². The normalized spacial score (nSPS) is 16.2. The molecular weight excluding hydrogens is 304 g/mol. The van der Waals surface area contributed by atoms with Crippen molar-refractivity contribution in [1.82, 2.24) is 14.9 Å². The minimum absolute atomic E-state index is 0.230. The van der Waals surface area contributed by atoms with Crippen LogP contribution < -0.4 is 5.32 Å². The van der Waals surface area contributed by atoms with Gasteiger partial charge in [0.05, 0.1) is 17.2 Å². The SMILES string of the molecule is CC(C)(C)OC(=O)N1CCC(Nc2cnc3ccccc3n2)CC1. The van der Waals surface area contributed by atoms with E-state index in [1.54, 1.807) is 11.1 Å². The van der Waals surface area contributed by atoms with E-state index < -0.39 is 5.60 Å². The molecule has 1 aromatic carbocycles. The average Bonchev–Trinajstić information content (AvgIpc) is 2.54. The van der Waals surface area contributed by atoms with Gasteiger partial charge < -0.3 is 15.0 Å². The zero-order chi connectivity index (χ0) is 17.2. The molecule has 6 nitrogen and oxygen atoms in total. The van der Waals surface area contributed by atoms with Crippen molar-refractivity contribution in [3.8, 4) is 0 Å². The zero-order valence-electron chi connectivity index (χ0n) is 14.5. The van der Waals surface area contributed by atoms with Gasteiger partial charge in [0.2, 0.25) is 0 Å². The fraction of sp³-hybridized carbons (Fsp3) is 0.500. The van der Waals surface area contributed by atoms with Gasteiger partial charge in [-0.1, -0.05) is 12.1 Å². The second-order valence-electron chi connectivity index (χ2n) is 7.13. The third-order valence-corrected chi connectivity index (χ3v) is 3.95. The molecule has 0 aliphatic carbocycles. The summed E-state index contributed by atoms with van der Waals surface area (Å²) in [5.74, 6) is 0.782. The van der Waals surface area contributed by atoms with Crippen LogP contribution in [0.3, 0.4) is 0 Å². The lowest BCUT2D eigenvalue weighted by atomic mass is 10.1. The Morgan fingerprint density at radius 3 is 2.54 bits per heavy atom. The Kier molecular flexibility index (Phi) is 4.55. The van der Waals surface area contributed by atoms with Crippen LogP contribution in [0.25, 0.3) is 11.0 Å². The number of carbonyl (C=O) groups is 1. The van der Waals surface area contributed by atoms with Crippen LogP contribution in [0.5, 0.6) is 0 Å². The number of carbonyl (C=O) groups excluding carboxylic acids is 1. The number of nitrogens with one attached hydrogen (secondary N) is 1. The van der Waals surface area contributed by atoms with Crippen LogP contribution in [-0.4, -0.2) is 45.7 Å². The molecule has 0 spiro atoms. The van der Waals surface area contributed by atoms with Crippen molar-refractivity contribution in [3.05, 3.63) is 30.5 Å². The van der Waals surface area contributed by atoms with Crippen molar-refractivity contribution < 1.29 is 9.53 Å². The van der Waals surface area contributed by atoms with Crippen molar-refractivity contribution in [1.29, 1.82) is 0 Å². The van der Waals surface area contributed by atoms with E-state index in [-0.39, 0.29) is 6.09 Å². The fourth-order valence-corrected chi connectivity index (χ4v) is 2.77. The molecule has 24 heavy (non-hydrogen) atoms. The number of benzene rings is 1. The van der Waals surface area contributed by atoms with Crippen molar-refractivity contribution in [2.75, 3.05) is 18.4 Å². The van der Waals surface area contributed by atoms with Gasteiger partial charge in [0.1, 0.15) is 11.4 Å². The van der Waals surface area contributed by atoms with Crippen LogP contribution >= 0.6 is 0 Å². The Labute approximate surface area is 142 Å². The molecule has 1 aromatic heterocycles. The number of hydrogen-bond donors (Lipinski definition) is 1. The number of para-hydroxylation sites is 2. The number of ether oxygens (including phenoxy) is 1. The van der Waals surface area contributed by atoms with Crippen LogP contribution in [0.4, 0.5) is 10.6 Å². The minimum atomic E-state index is -0.452. The van der Waals surface area contributed by atoms with E-state index >= 15 is 0 Å². The highest BCUT2D eigenvalue weighted by Crippen LogP contribution is 2.19. The lowest BCUT2D eigenvalue weighted by molar-refractivity contribution is 0.0210. The quantitative estimate of drug-likeness (QED) is 0.914. The molecular formula is C18H24N4O2. The second-order valence-corrected chi connectivity index (χ2v) is 7.13. The molecule has 1 aliphatic heterocycles. The van der Waals surface area contributed by atoms with Crippen LogP contribution in [0, 0.1) is 0 Å².